The van der Waals surface area contributed by atoms with Gasteiger partial charge in [-0.1, -0.05) is 48.5 Å². The molecule has 7 nitrogen and oxygen atoms in total. The number of para-hydroxylation sites is 1. The minimum Gasteiger partial charge on any atom is -0.492 e. The largest absolute Gasteiger partial charge is 0.492 e. The molecule has 4 rings (SSSR count). The molecule has 0 saturated carbocycles. The van der Waals surface area contributed by atoms with Crippen LogP contribution in [0.1, 0.15) is 42.9 Å². The Morgan fingerprint density at radius 1 is 0.941 bits per heavy atom. The monoisotopic (exact) mass is 464 g/mol. The number of rotatable bonds is 3. The van der Waals surface area contributed by atoms with E-state index < -0.39 is 0 Å². The second-order valence-corrected chi connectivity index (χ2v) is 9.08. The lowest BCUT2D eigenvalue weighted by atomic mass is 10.0. The lowest BCUT2D eigenvalue weighted by Crippen LogP contribution is -2.42. The Labute approximate surface area is 202 Å². The molecule has 2 aliphatic heterocycles. The molecule has 1 unspecified atom stereocenters. The molecule has 1 fully saturated rings. The van der Waals surface area contributed by atoms with E-state index in [0.29, 0.717) is 26.1 Å². The molecule has 0 spiro atoms. The number of fused-ring (bicyclic) bond motifs is 1. The van der Waals surface area contributed by atoms with E-state index in [1.165, 1.54) is 0 Å². The first-order chi connectivity index (χ1) is 16.7. The number of carbonyl (C=O) groups excluding carboxylic acids is 2. The minimum atomic E-state index is -0.0247. The maximum atomic E-state index is 13.3. The van der Waals surface area contributed by atoms with Crippen LogP contribution < -0.4 is 15.4 Å². The average Bonchev–Trinajstić information content (AvgIpc) is 3.05. The fourth-order valence-electron chi connectivity index (χ4n) is 4.62. The number of amides is 2. The van der Waals surface area contributed by atoms with Crippen LogP contribution in [-0.4, -0.2) is 67.5 Å². The standard InChI is InChI=1S/C27H36N4O3/c32-26-19-24(22-9-2-1-3-10-22)28-14-8-16-31(15-7-6-13-29-26)27(33)21-30-17-18-34-25-12-5-4-11-23(25)20-30/h1-5,9-12,24,28H,6-8,13-21H2,(H,29,32). The van der Waals surface area contributed by atoms with Crippen LogP contribution in [0.15, 0.2) is 54.6 Å². The van der Waals surface area contributed by atoms with E-state index in [1.807, 2.05) is 41.3 Å². The van der Waals surface area contributed by atoms with Crippen LogP contribution in [0.3, 0.4) is 0 Å². The first-order valence-electron chi connectivity index (χ1n) is 12.4. The van der Waals surface area contributed by atoms with Crippen molar-refractivity contribution in [3.05, 3.63) is 65.7 Å². The Hall–Kier alpha value is -2.90. The highest BCUT2D eigenvalue weighted by molar-refractivity contribution is 5.78. The molecule has 0 aromatic heterocycles. The Morgan fingerprint density at radius 2 is 1.74 bits per heavy atom. The third kappa shape index (κ3) is 7.05. The molecule has 7 heteroatoms. The topological polar surface area (TPSA) is 73.9 Å². The molecular weight excluding hydrogens is 428 g/mol. The number of hydrogen-bond donors (Lipinski definition) is 2. The SMILES string of the molecule is O=C1CC(c2ccccc2)NCCCN(C(=O)CN2CCOc3ccccc3C2)CCCCN1. The lowest BCUT2D eigenvalue weighted by molar-refractivity contribution is -0.132. The smallest absolute Gasteiger partial charge is 0.236 e. The highest BCUT2D eigenvalue weighted by atomic mass is 16.5. The third-order valence-corrected chi connectivity index (χ3v) is 6.51. The predicted octanol–water partition coefficient (Wildman–Crippen LogP) is 2.73. The molecule has 0 radical (unpaired) electrons. The van der Waals surface area contributed by atoms with Gasteiger partial charge >= 0.3 is 0 Å². The zero-order valence-corrected chi connectivity index (χ0v) is 19.9. The van der Waals surface area contributed by atoms with Gasteiger partial charge in [0, 0.05) is 50.7 Å². The van der Waals surface area contributed by atoms with Gasteiger partial charge < -0.3 is 20.3 Å². The van der Waals surface area contributed by atoms with Gasteiger partial charge in [-0.3, -0.25) is 14.5 Å². The summed E-state index contributed by atoms with van der Waals surface area (Å²) in [5.74, 6) is 1.15. The molecule has 2 aliphatic rings. The van der Waals surface area contributed by atoms with Crippen molar-refractivity contribution in [3.8, 4) is 5.75 Å². The highest BCUT2D eigenvalue weighted by Gasteiger charge is 2.21. The predicted molar refractivity (Wildman–Crippen MR) is 132 cm³/mol. The summed E-state index contributed by atoms with van der Waals surface area (Å²) in [4.78, 5) is 29.9. The summed E-state index contributed by atoms with van der Waals surface area (Å²) in [5, 5.41) is 6.58. The molecular formula is C27H36N4O3. The summed E-state index contributed by atoms with van der Waals surface area (Å²) in [5.41, 5.74) is 2.24. The van der Waals surface area contributed by atoms with Gasteiger partial charge in [0.2, 0.25) is 11.8 Å². The van der Waals surface area contributed by atoms with Crippen molar-refractivity contribution in [1.82, 2.24) is 20.4 Å². The molecule has 1 atom stereocenters. The number of nitrogens with one attached hydrogen (secondary N) is 2. The Balaban J connectivity index is 1.35. The first kappa shape index (κ1) is 24.2. The quantitative estimate of drug-likeness (QED) is 0.731. The van der Waals surface area contributed by atoms with Gasteiger partial charge in [0.25, 0.3) is 0 Å². The molecule has 2 heterocycles. The highest BCUT2D eigenvalue weighted by Crippen LogP contribution is 2.22. The zero-order valence-electron chi connectivity index (χ0n) is 19.9. The van der Waals surface area contributed by atoms with Gasteiger partial charge in [-0.05, 0) is 37.4 Å². The van der Waals surface area contributed by atoms with Crippen LogP contribution in [-0.2, 0) is 16.1 Å². The fraction of sp³-hybridized carbons (Fsp3) is 0.481. The van der Waals surface area contributed by atoms with Gasteiger partial charge in [-0.25, -0.2) is 0 Å². The summed E-state index contributed by atoms with van der Waals surface area (Å²) < 4.78 is 5.86. The second-order valence-electron chi connectivity index (χ2n) is 9.08. The van der Waals surface area contributed by atoms with Crippen molar-refractivity contribution >= 4 is 11.8 Å². The molecule has 0 bridgehead atoms. The van der Waals surface area contributed by atoms with E-state index in [-0.39, 0.29) is 17.9 Å². The normalized spacial score (nSPS) is 21.0. The number of carbonyl (C=O) groups is 2. The molecule has 2 aromatic rings. The van der Waals surface area contributed by atoms with Crippen LogP contribution in [0.5, 0.6) is 5.75 Å². The van der Waals surface area contributed by atoms with Crippen LogP contribution >= 0.6 is 0 Å². The van der Waals surface area contributed by atoms with Crippen molar-refractivity contribution in [1.29, 1.82) is 0 Å². The van der Waals surface area contributed by atoms with Gasteiger partial charge in [-0.15, -0.1) is 0 Å². The van der Waals surface area contributed by atoms with Gasteiger partial charge in [-0.2, -0.15) is 0 Å². The van der Waals surface area contributed by atoms with Crippen molar-refractivity contribution in [2.75, 3.05) is 45.9 Å². The molecule has 1 saturated heterocycles. The van der Waals surface area contributed by atoms with Crippen LogP contribution in [0.25, 0.3) is 0 Å². The van der Waals surface area contributed by atoms with Crippen LogP contribution in [0, 0.1) is 0 Å². The number of ether oxygens (including phenoxy) is 1. The van der Waals surface area contributed by atoms with Crippen molar-refractivity contribution in [2.45, 2.75) is 38.3 Å². The third-order valence-electron chi connectivity index (χ3n) is 6.51. The summed E-state index contributed by atoms with van der Waals surface area (Å²) in [6, 6.07) is 18.1. The Bertz CT molecular complexity index is 936. The number of nitrogens with zero attached hydrogens (tertiary/aromatic N) is 2. The van der Waals surface area contributed by atoms with Crippen LogP contribution in [0.2, 0.25) is 0 Å². The van der Waals surface area contributed by atoms with E-state index in [2.05, 4.69) is 33.7 Å². The van der Waals surface area contributed by atoms with Gasteiger partial charge in [0.1, 0.15) is 12.4 Å². The molecule has 2 N–H and O–H groups in total. The minimum absolute atomic E-state index is 0.0247. The van der Waals surface area contributed by atoms with E-state index in [9.17, 15) is 9.59 Å². The average molecular weight is 465 g/mol. The molecule has 34 heavy (non-hydrogen) atoms. The van der Waals surface area contributed by atoms with E-state index in [1.54, 1.807) is 0 Å². The number of benzene rings is 2. The van der Waals surface area contributed by atoms with Crippen LogP contribution in [0.4, 0.5) is 0 Å². The molecule has 2 aromatic carbocycles. The summed E-state index contributed by atoms with van der Waals surface area (Å²) in [6.07, 6.45) is 3.02. The summed E-state index contributed by atoms with van der Waals surface area (Å²) in [6.45, 7) is 5.28. The molecule has 182 valence electrons. The van der Waals surface area contributed by atoms with E-state index >= 15 is 0 Å². The molecule has 2 amide bonds. The van der Waals surface area contributed by atoms with Gasteiger partial charge in [0.05, 0.1) is 6.54 Å². The second kappa shape index (κ2) is 12.5. The summed E-state index contributed by atoms with van der Waals surface area (Å²) >= 11 is 0. The maximum absolute atomic E-state index is 13.3. The fourth-order valence-corrected chi connectivity index (χ4v) is 4.62. The molecule has 0 aliphatic carbocycles. The Morgan fingerprint density at radius 3 is 2.62 bits per heavy atom. The lowest BCUT2D eigenvalue weighted by Gasteiger charge is -2.27. The van der Waals surface area contributed by atoms with Gasteiger partial charge in [0.15, 0.2) is 0 Å². The van der Waals surface area contributed by atoms with E-state index in [4.69, 9.17) is 4.74 Å². The van der Waals surface area contributed by atoms with Crippen molar-refractivity contribution < 1.29 is 14.3 Å². The zero-order chi connectivity index (χ0) is 23.6. The first-order valence-corrected chi connectivity index (χ1v) is 12.4. The summed E-state index contributed by atoms with van der Waals surface area (Å²) in [7, 11) is 0. The number of hydrogen-bond acceptors (Lipinski definition) is 5. The van der Waals surface area contributed by atoms with E-state index in [0.717, 1.165) is 68.9 Å². The van der Waals surface area contributed by atoms with Crippen molar-refractivity contribution in [3.63, 3.8) is 0 Å². The van der Waals surface area contributed by atoms with Crippen molar-refractivity contribution in [2.24, 2.45) is 0 Å². The Kier molecular flexibility index (Phi) is 8.93. The maximum Gasteiger partial charge on any atom is 0.236 e.